The molecule has 3 heterocycles. The molecule has 7 nitrogen and oxygen atoms in total. The molecule has 1 aromatic carbocycles. The Labute approximate surface area is 174 Å². The number of hydroxylamine groups is 1. The molecular formula is C21H23N5O2S. The van der Waals surface area contributed by atoms with Gasteiger partial charge in [0.25, 0.3) is 5.91 Å². The molecule has 1 saturated heterocycles. The molecule has 4 rings (SSSR count). The first-order chi connectivity index (χ1) is 14.0. The number of amides is 1. The van der Waals surface area contributed by atoms with E-state index < -0.39 is 0 Å². The van der Waals surface area contributed by atoms with Crippen LogP contribution in [0.3, 0.4) is 0 Å². The highest BCUT2D eigenvalue weighted by molar-refractivity contribution is 7.13. The van der Waals surface area contributed by atoms with Crippen LogP contribution in [0.1, 0.15) is 28.8 Å². The summed E-state index contributed by atoms with van der Waals surface area (Å²) < 4.78 is 0. The monoisotopic (exact) mass is 409 g/mol. The molecule has 0 unspecified atom stereocenters. The van der Waals surface area contributed by atoms with Crippen molar-refractivity contribution in [2.75, 3.05) is 24.7 Å². The molecule has 2 aromatic heterocycles. The van der Waals surface area contributed by atoms with E-state index in [1.54, 1.807) is 11.3 Å². The molecule has 1 aliphatic heterocycles. The van der Waals surface area contributed by atoms with Gasteiger partial charge in [-0.05, 0) is 26.8 Å². The molecule has 0 bridgehead atoms. The Morgan fingerprint density at radius 1 is 1.21 bits per heavy atom. The van der Waals surface area contributed by atoms with Gasteiger partial charge in [0, 0.05) is 47.6 Å². The number of hydrogen-bond acceptors (Lipinski definition) is 7. The quantitative estimate of drug-likeness (QED) is 0.659. The largest absolute Gasteiger partial charge is 0.334 e. The van der Waals surface area contributed by atoms with E-state index >= 15 is 0 Å². The number of anilines is 1. The van der Waals surface area contributed by atoms with Crippen LogP contribution in [0.2, 0.25) is 0 Å². The summed E-state index contributed by atoms with van der Waals surface area (Å²) in [6.45, 7) is 7.34. The average Bonchev–Trinajstić information content (AvgIpc) is 3.16. The molecule has 0 spiro atoms. The Bertz CT molecular complexity index is 988. The van der Waals surface area contributed by atoms with Crippen molar-refractivity contribution in [1.29, 1.82) is 0 Å². The van der Waals surface area contributed by atoms with Gasteiger partial charge in [0.15, 0.2) is 5.82 Å². The topological polar surface area (TPSA) is 71.5 Å². The van der Waals surface area contributed by atoms with Crippen molar-refractivity contribution in [1.82, 2.24) is 19.9 Å². The third-order valence-corrected chi connectivity index (χ3v) is 5.48. The van der Waals surface area contributed by atoms with E-state index in [-0.39, 0.29) is 12.0 Å². The van der Waals surface area contributed by atoms with Gasteiger partial charge in [-0.1, -0.05) is 18.2 Å². The molecule has 1 fully saturated rings. The second-order valence-electron chi connectivity index (χ2n) is 7.07. The summed E-state index contributed by atoms with van der Waals surface area (Å²) in [4.78, 5) is 34.5. The molecule has 29 heavy (non-hydrogen) atoms. The summed E-state index contributed by atoms with van der Waals surface area (Å²) in [7, 11) is 0. The molecule has 8 heteroatoms. The normalized spacial score (nSPS) is 17.3. The molecule has 1 atom stereocenters. The fourth-order valence-corrected chi connectivity index (χ4v) is 4.15. The molecule has 3 aromatic rings. The maximum atomic E-state index is 13.4. The lowest BCUT2D eigenvalue weighted by atomic mass is 10.1. The third-order valence-electron chi connectivity index (χ3n) is 4.67. The van der Waals surface area contributed by atoms with E-state index in [0.717, 1.165) is 22.1 Å². The number of nitrogens with zero attached hydrogens (tertiary/aromatic N) is 5. The second kappa shape index (κ2) is 8.26. The van der Waals surface area contributed by atoms with Crippen LogP contribution in [0.25, 0.3) is 10.6 Å². The van der Waals surface area contributed by atoms with E-state index in [9.17, 15) is 4.79 Å². The first kappa shape index (κ1) is 19.5. The fourth-order valence-electron chi connectivity index (χ4n) is 3.48. The standard InChI is InChI=1S/C21H23N5O2S/c1-14-12-19(24-16(3)23-14)26-10-9-25(13-15(2)28-26)21(27)18-7-5-4-6-17(18)20-22-8-11-29-20/h4-8,11-12,15H,9-10,13H2,1-3H3/t15-/m0/s1. The van der Waals surface area contributed by atoms with Gasteiger partial charge in [0.05, 0.1) is 6.54 Å². The van der Waals surface area contributed by atoms with Crippen LogP contribution in [0.15, 0.2) is 41.9 Å². The van der Waals surface area contributed by atoms with E-state index in [1.807, 2.05) is 61.4 Å². The number of hydrogen-bond donors (Lipinski definition) is 0. The zero-order chi connectivity index (χ0) is 20.4. The number of rotatable bonds is 3. The molecule has 0 aliphatic carbocycles. The Morgan fingerprint density at radius 3 is 2.79 bits per heavy atom. The molecule has 0 saturated carbocycles. The highest BCUT2D eigenvalue weighted by Gasteiger charge is 2.27. The SMILES string of the molecule is Cc1cc(N2CCN(C(=O)c3ccccc3-c3nccs3)C[C@H](C)O2)nc(C)n1. The highest BCUT2D eigenvalue weighted by Crippen LogP contribution is 2.27. The molecule has 0 N–H and O–H groups in total. The first-order valence-corrected chi connectivity index (χ1v) is 10.4. The van der Waals surface area contributed by atoms with Crippen molar-refractivity contribution < 1.29 is 9.63 Å². The summed E-state index contributed by atoms with van der Waals surface area (Å²) in [5.41, 5.74) is 2.42. The predicted molar refractivity (Wildman–Crippen MR) is 113 cm³/mol. The van der Waals surface area contributed by atoms with Crippen LogP contribution >= 0.6 is 11.3 Å². The van der Waals surface area contributed by atoms with Crippen molar-refractivity contribution in [3.8, 4) is 10.6 Å². The summed E-state index contributed by atoms with van der Waals surface area (Å²) >= 11 is 1.53. The first-order valence-electron chi connectivity index (χ1n) is 9.56. The Hall–Kier alpha value is -2.84. The smallest absolute Gasteiger partial charge is 0.254 e. The van der Waals surface area contributed by atoms with Gasteiger partial charge in [-0.3, -0.25) is 9.63 Å². The lowest BCUT2D eigenvalue weighted by Crippen LogP contribution is -2.37. The van der Waals surface area contributed by atoms with Crippen molar-refractivity contribution >= 4 is 23.1 Å². The third kappa shape index (κ3) is 4.28. The highest BCUT2D eigenvalue weighted by atomic mass is 32.1. The lowest BCUT2D eigenvalue weighted by Gasteiger charge is -2.22. The number of aromatic nitrogens is 3. The van der Waals surface area contributed by atoms with Crippen LogP contribution in [0.5, 0.6) is 0 Å². The van der Waals surface area contributed by atoms with E-state index in [1.165, 1.54) is 11.3 Å². The summed E-state index contributed by atoms with van der Waals surface area (Å²) in [5, 5.41) is 4.54. The average molecular weight is 410 g/mol. The maximum Gasteiger partial charge on any atom is 0.254 e. The van der Waals surface area contributed by atoms with E-state index in [2.05, 4.69) is 15.0 Å². The predicted octanol–water partition coefficient (Wildman–Crippen LogP) is 3.50. The van der Waals surface area contributed by atoms with Crippen LogP contribution in [-0.4, -0.2) is 51.5 Å². The Morgan fingerprint density at radius 2 is 2.03 bits per heavy atom. The summed E-state index contributed by atoms with van der Waals surface area (Å²) in [6.07, 6.45) is 1.59. The maximum absolute atomic E-state index is 13.4. The zero-order valence-electron chi connectivity index (χ0n) is 16.7. The Kier molecular flexibility index (Phi) is 5.55. The molecule has 1 amide bonds. The fraction of sp³-hybridized carbons (Fsp3) is 0.333. The number of aryl methyl sites for hydroxylation is 2. The van der Waals surface area contributed by atoms with Crippen LogP contribution in [-0.2, 0) is 4.84 Å². The summed E-state index contributed by atoms with van der Waals surface area (Å²) in [5.74, 6) is 1.41. The van der Waals surface area contributed by atoms with E-state index in [0.29, 0.717) is 31.0 Å². The summed E-state index contributed by atoms with van der Waals surface area (Å²) in [6, 6.07) is 9.53. The van der Waals surface area contributed by atoms with Gasteiger partial charge >= 0.3 is 0 Å². The van der Waals surface area contributed by atoms with Crippen LogP contribution < -0.4 is 5.06 Å². The van der Waals surface area contributed by atoms with Crippen LogP contribution in [0.4, 0.5) is 5.82 Å². The van der Waals surface area contributed by atoms with Gasteiger partial charge in [-0.25, -0.2) is 20.0 Å². The van der Waals surface area contributed by atoms with Gasteiger partial charge in [-0.2, -0.15) is 0 Å². The molecule has 0 radical (unpaired) electrons. The van der Waals surface area contributed by atoms with Gasteiger partial charge in [-0.15, -0.1) is 11.3 Å². The number of carbonyl (C=O) groups is 1. The number of benzene rings is 1. The van der Waals surface area contributed by atoms with Crippen LogP contribution in [0, 0.1) is 13.8 Å². The van der Waals surface area contributed by atoms with Gasteiger partial charge in [0.2, 0.25) is 0 Å². The van der Waals surface area contributed by atoms with Crippen molar-refractivity contribution in [2.45, 2.75) is 26.9 Å². The van der Waals surface area contributed by atoms with E-state index in [4.69, 9.17) is 4.84 Å². The minimum absolute atomic E-state index is 0.0110. The minimum Gasteiger partial charge on any atom is -0.334 e. The lowest BCUT2D eigenvalue weighted by molar-refractivity contribution is 0.0423. The molecular weight excluding hydrogens is 386 g/mol. The second-order valence-corrected chi connectivity index (χ2v) is 7.96. The van der Waals surface area contributed by atoms with Gasteiger partial charge in [0.1, 0.15) is 16.9 Å². The van der Waals surface area contributed by atoms with Crippen molar-refractivity contribution in [3.05, 3.63) is 59.0 Å². The van der Waals surface area contributed by atoms with Crippen molar-refractivity contribution in [3.63, 3.8) is 0 Å². The minimum atomic E-state index is -0.163. The number of thiazole rings is 1. The number of carbonyl (C=O) groups excluding carboxylic acids is 1. The molecule has 1 aliphatic rings. The zero-order valence-corrected chi connectivity index (χ0v) is 17.5. The molecule has 150 valence electrons. The van der Waals surface area contributed by atoms with Gasteiger partial charge < -0.3 is 4.90 Å². The van der Waals surface area contributed by atoms with Crippen molar-refractivity contribution in [2.24, 2.45) is 0 Å². The Balaban J connectivity index is 1.57.